The van der Waals surface area contributed by atoms with Gasteiger partial charge in [-0.15, -0.1) is 24.0 Å². The van der Waals surface area contributed by atoms with E-state index in [0.29, 0.717) is 6.10 Å². The average molecular weight is 537 g/mol. The molecule has 1 unspecified atom stereocenters. The van der Waals surface area contributed by atoms with Crippen molar-refractivity contribution in [2.45, 2.75) is 31.9 Å². The number of nitrogens with one attached hydrogen (secondary N) is 1. The first kappa shape index (κ1) is 24.7. The summed E-state index contributed by atoms with van der Waals surface area (Å²) >= 11 is 6.27. The minimum absolute atomic E-state index is 0. The first-order chi connectivity index (χ1) is 13.7. The number of rotatable bonds is 6. The van der Waals surface area contributed by atoms with E-state index in [9.17, 15) is 0 Å². The first-order valence-electron chi connectivity index (χ1n) is 10.4. The van der Waals surface area contributed by atoms with Crippen molar-refractivity contribution in [2.75, 3.05) is 59.6 Å². The van der Waals surface area contributed by atoms with Crippen molar-refractivity contribution >= 4 is 41.5 Å². The summed E-state index contributed by atoms with van der Waals surface area (Å²) in [4.78, 5) is 9.34. The second kappa shape index (κ2) is 12.9. The van der Waals surface area contributed by atoms with E-state index >= 15 is 0 Å². The van der Waals surface area contributed by atoms with Crippen LogP contribution in [0.2, 0.25) is 5.02 Å². The summed E-state index contributed by atoms with van der Waals surface area (Å²) in [5.74, 6) is 0.968. The molecule has 29 heavy (non-hydrogen) atoms. The van der Waals surface area contributed by atoms with Gasteiger partial charge in [-0.25, -0.2) is 0 Å². The summed E-state index contributed by atoms with van der Waals surface area (Å²) in [5, 5.41) is 4.39. The smallest absolute Gasteiger partial charge is 0.193 e. The average Bonchev–Trinajstić information content (AvgIpc) is 2.73. The summed E-state index contributed by atoms with van der Waals surface area (Å²) < 4.78 is 11.3. The Morgan fingerprint density at radius 1 is 1.28 bits per heavy atom. The third kappa shape index (κ3) is 7.24. The van der Waals surface area contributed by atoms with E-state index in [1.165, 1.54) is 5.56 Å². The van der Waals surface area contributed by atoms with Gasteiger partial charge < -0.3 is 19.7 Å². The molecule has 0 radical (unpaired) electrons. The van der Waals surface area contributed by atoms with Gasteiger partial charge in [-0.2, -0.15) is 0 Å². The number of halogens is 2. The van der Waals surface area contributed by atoms with E-state index in [0.717, 1.165) is 76.4 Å². The molecule has 1 N–H and O–H groups in total. The summed E-state index contributed by atoms with van der Waals surface area (Å²) in [6.07, 6.45) is 2.48. The van der Waals surface area contributed by atoms with Crippen molar-refractivity contribution in [3.8, 4) is 0 Å². The van der Waals surface area contributed by atoms with E-state index in [4.69, 9.17) is 21.1 Å². The second-order valence-corrected chi connectivity index (χ2v) is 7.73. The Labute approximate surface area is 197 Å². The van der Waals surface area contributed by atoms with E-state index in [-0.39, 0.29) is 30.0 Å². The molecule has 2 aliphatic rings. The fourth-order valence-electron chi connectivity index (χ4n) is 4.05. The van der Waals surface area contributed by atoms with Crippen LogP contribution in [0.25, 0.3) is 0 Å². The lowest BCUT2D eigenvalue weighted by molar-refractivity contribution is 0.0163. The molecule has 0 aliphatic carbocycles. The highest BCUT2D eigenvalue weighted by atomic mass is 127. The molecule has 0 spiro atoms. The third-order valence-corrected chi connectivity index (χ3v) is 5.76. The number of likely N-dealkylation sites (tertiary alicyclic amines) is 1. The van der Waals surface area contributed by atoms with Gasteiger partial charge in [-0.1, -0.05) is 23.7 Å². The van der Waals surface area contributed by atoms with Crippen LogP contribution in [-0.2, 0) is 9.47 Å². The van der Waals surface area contributed by atoms with Crippen LogP contribution in [0, 0.1) is 0 Å². The molecule has 3 rings (SSSR count). The number of guanidine groups is 1. The van der Waals surface area contributed by atoms with Crippen molar-refractivity contribution in [3.05, 3.63) is 34.9 Å². The minimum Gasteiger partial charge on any atom is -0.379 e. The molecule has 2 aliphatic heterocycles. The standard InChI is InChI=1S/C21H33ClN4O2.HI/c1-3-28-19-7-9-26(10-8-19)21(23-2)24-16-20(25-11-13-27-14-12-25)17-5-4-6-18(22)15-17;/h4-6,15,19-20H,3,7-14,16H2,1-2H3,(H,23,24);1H. The Morgan fingerprint density at radius 3 is 2.62 bits per heavy atom. The Kier molecular flexibility index (Phi) is 11.0. The molecule has 2 fully saturated rings. The molecule has 2 heterocycles. The van der Waals surface area contributed by atoms with Crippen LogP contribution in [-0.4, -0.2) is 81.5 Å². The number of ether oxygens (including phenoxy) is 2. The fourth-order valence-corrected chi connectivity index (χ4v) is 4.25. The van der Waals surface area contributed by atoms with E-state index < -0.39 is 0 Å². The fraction of sp³-hybridized carbons (Fsp3) is 0.667. The van der Waals surface area contributed by atoms with Gasteiger partial charge in [0.15, 0.2) is 5.96 Å². The number of piperidine rings is 1. The number of hydrogen-bond donors (Lipinski definition) is 1. The Hall–Kier alpha value is -0.610. The van der Waals surface area contributed by atoms with Crippen LogP contribution < -0.4 is 5.32 Å². The molecular formula is C21H34ClIN4O2. The highest BCUT2D eigenvalue weighted by Gasteiger charge is 2.25. The molecular weight excluding hydrogens is 503 g/mol. The monoisotopic (exact) mass is 536 g/mol. The Bertz CT molecular complexity index is 635. The molecule has 6 nitrogen and oxygen atoms in total. The SMILES string of the molecule is CCOC1CCN(C(=NC)NCC(c2cccc(Cl)c2)N2CCOCC2)CC1.I. The summed E-state index contributed by atoms with van der Waals surface area (Å²) in [6.45, 7) is 9.00. The maximum atomic E-state index is 6.27. The van der Waals surface area contributed by atoms with Crippen LogP contribution >= 0.6 is 35.6 Å². The van der Waals surface area contributed by atoms with E-state index in [1.54, 1.807) is 0 Å². The molecule has 164 valence electrons. The normalized spacial score (nSPS) is 20.2. The quantitative estimate of drug-likeness (QED) is 0.343. The maximum absolute atomic E-state index is 6.27. The predicted octanol–water partition coefficient (Wildman–Crippen LogP) is 3.41. The highest BCUT2D eigenvalue weighted by molar-refractivity contribution is 14.0. The van der Waals surface area contributed by atoms with Crippen molar-refractivity contribution in [1.29, 1.82) is 0 Å². The molecule has 0 saturated carbocycles. The molecule has 1 aromatic rings. The van der Waals surface area contributed by atoms with Gasteiger partial charge in [-0.3, -0.25) is 9.89 Å². The predicted molar refractivity (Wildman–Crippen MR) is 130 cm³/mol. The zero-order chi connectivity index (χ0) is 19.8. The van der Waals surface area contributed by atoms with Crippen molar-refractivity contribution in [3.63, 3.8) is 0 Å². The van der Waals surface area contributed by atoms with Gasteiger partial charge in [0.05, 0.1) is 25.4 Å². The van der Waals surface area contributed by atoms with Crippen molar-refractivity contribution < 1.29 is 9.47 Å². The Morgan fingerprint density at radius 2 is 2.00 bits per heavy atom. The van der Waals surface area contributed by atoms with Gasteiger partial charge >= 0.3 is 0 Å². The van der Waals surface area contributed by atoms with E-state index in [1.807, 2.05) is 19.2 Å². The van der Waals surface area contributed by atoms with Crippen molar-refractivity contribution in [1.82, 2.24) is 15.1 Å². The molecule has 0 bridgehead atoms. The topological polar surface area (TPSA) is 49.3 Å². The van der Waals surface area contributed by atoms with Crippen LogP contribution in [0.15, 0.2) is 29.3 Å². The summed E-state index contributed by atoms with van der Waals surface area (Å²) in [7, 11) is 1.86. The van der Waals surface area contributed by atoms with Crippen LogP contribution in [0.3, 0.4) is 0 Å². The Balaban J connectivity index is 0.00000300. The van der Waals surface area contributed by atoms with Crippen molar-refractivity contribution in [2.24, 2.45) is 4.99 Å². The van der Waals surface area contributed by atoms with Crippen LogP contribution in [0.5, 0.6) is 0 Å². The lowest BCUT2D eigenvalue weighted by Gasteiger charge is -2.37. The second-order valence-electron chi connectivity index (χ2n) is 7.29. The van der Waals surface area contributed by atoms with Gasteiger partial charge in [0.1, 0.15) is 0 Å². The first-order valence-corrected chi connectivity index (χ1v) is 10.7. The molecule has 1 aromatic carbocycles. The lowest BCUT2D eigenvalue weighted by atomic mass is 10.0. The lowest BCUT2D eigenvalue weighted by Crippen LogP contribution is -2.50. The minimum atomic E-state index is 0. The number of benzene rings is 1. The summed E-state index contributed by atoms with van der Waals surface area (Å²) in [5.41, 5.74) is 1.23. The maximum Gasteiger partial charge on any atom is 0.193 e. The molecule has 0 amide bonds. The van der Waals surface area contributed by atoms with E-state index in [2.05, 4.69) is 39.2 Å². The number of morpholine rings is 1. The largest absolute Gasteiger partial charge is 0.379 e. The van der Waals surface area contributed by atoms with Gasteiger partial charge in [-0.05, 0) is 37.5 Å². The molecule has 2 saturated heterocycles. The van der Waals surface area contributed by atoms with Gasteiger partial charge in [0.25, 0.3) is 0 Å². The highest BCUT2D eigenvalue weighted by Crippen LogP contribution is 2.24. The van der Waals surface area contributed by atoms with Crippen LogP contribution in [0.1, 0.15) is 31.4 Å². The molecule has 1 atom stereocenters. The molecule has 8 heteroatoms. The summed E-state index contributed by atoms with van der Waals surface area (Å²) in [6, 6.07) is 8.42. The third-order valence-electron chi connectivity index (χ3n) is 5.53. The van der Waals surface area contributed by atoms with Gasteiger partial charge in [0, 0.05) is 51.4 Å². The number of nitrogens with zero attached hydrogens (tertiary/aromatic N) is 3. The number of hydrogen-bond acceptors (Lipinski definition) is 4. The van der Waals surface area contributed by atoms with Crippen LogP contribution in [0.4, 0.5) is 0 Å². The zero-order valence-electron chi connectivity index (χ0n) is 17.5. The molecule has 0 aromatic heterocycles. The van der Waals surface area contributed by atoms with Gasteiger partial charge in [0.2, 0.25) is 0 Å². The zero-order valence-corrected chi connectivity index (χ0v) is 20.6. The number of aliphatic imine (C=N–C) groups is 1.